The summed E-state index contributed by atoms with van der Waals surface area (Å²) >= 11 is 0. The zero-order chi connectivity index (χ0) is 16.0. The molecule has 8 heteroatoms. The van der Waals surface area contributed by atoms with E-state index in [1.165, 1.54) is 32.4 Å². The van der Waals surface area contributed by atoms with Crippen LogP contribution in [0.3, 0.4) is 0 Å². The molecule has 0 aliphatic heterocycles. The van der Waals surface area contributed by atoms with Crippen LogP contribution in [0.25, 0.3) is 0 Å². The molecule has 0 aliphatic carbocycles. The van der Waals surface area contributed by atoms with Crippen molar-refractivity contribution in [2.24, 2.45) is 0 Å². The van der Waals surface area contributed by atoms with E-state index in [1.807, 2.05) is 0 Å². The fourth-order valence-electron chi connectivity index (χ4n) is 1.57. The number of carbonyl (C=O) groups excluding carboxylic acids is 1. The summed E-state index contributed by atoms with van der Waals surface area (Å²) in [5.41, 5.74) is -0.0935. The predicted molar refractivity (Wildman–Crippen MR) is 68.8 cm³/mol. The van der Waals surface area contributed by atoms with Crippen LogP contribution in [0.15, 0.2) is 18.2 Å². The average molecular weight is 303 g/mol. The molecule has 0 spiro atoms. The van der Waals surface area contributed by atoms with Crippen LogP contribution in [0.4, 0.5) is 8.78 Å². The molecule has 0 unspecified atom stereocenters. The van der Waals surface area contributed by atoms with Crippen LogP contribution in [0.1, 0.15) is 16.8 Å². The molecule has 0 atom stereocenters. The van der Waals surface area contributed by atoms with Crippen molar-refractivity contribution in [3.8, 4) is 11.5 Å². The molecule has 1 aromatic rings. The molecule has 0 saturated heterocycles. The predicted octanol–water partition coefficient (Wildman–Crippen LogP) is 1.84. The van der Waals surface area contributed by atoms with Gasteiger partial charge in [-0.15, -0.1) is 0 Å². The average Bonchev–Trinajstić information content (AvgIpc) is 2.43. The molecule has 1 aromatic carbocycles. The summed E-state index contributed by atoms with van der Waals surface area (Å²) in [6.45, 7) is -3.14. The number of carbonyl (C=O) groups is 2. The third-order valence-electron chi connectivity index (χ3n) is 2.64. The monoisotopic (exact) mass is 303 g/mol. The second-order valence-electron chi connectivity index (χ2n) is 4.11. The Kier molecular flexibility index (Phi) is 5.89. The summed E-state index contributed by atoms with van der Waals surface area (Å²) in [5, 5.41) is 8.58. The first kappa shape index (κ1) is 16.7. The number of rotatable bonds is 7. The number of halogens is 2. The molecule has 0 heterocycles. The van der Waals surface area contributed by atoms with Crippen LogP contribution in [0, 0.1) is 0 Å². The number of carboxylic acid groups (broad SMARTS) is 1. The zero-order valence-corrected chi connectivity index (χ0v) is 11.5. The number of hydrogen-bond acceptors (Lipinski definition) is 4. The Bertz CT molecular complexity index is 521. The number of amides is 1. The number of hydrogen-bond donors (Lipinski definition) is 1. The van der Waals surface area contributed by atoms with Crippen molar-refractivity contribution in [1.82, 2.24) is 4.90 Å². The van der Waals surface area contributed by atoms with E-state index in [0.717, 1.165) is 4.90 Å². The Morgan fingerprint density at radius 2 is 2.05 bits per heavy atom. The standard InChI is InChI=1S/C13H15F2NO5/c1-16(6-5-11(17)18)12(19)9-4-3-8(20-2)7-10(9)21-13(14)15/h3-4,7,13H,5-6H2,1-2H3,(H,17,18). The molecule has 1 amide bonds. The summed E-state index contributed by atoms with van der Waals surface area (Å²) in [7, 11) is 2.73. The molecule has 1 N–H and O–H groups in total. The van der Waals surface area contributed by atoms with Gasteiger partial charge in [0.15, 0.2) is 0 Å². The summed E-state index contributed by atoms with van der Waals surface area (Å²) in [4.78, 5) is 23.7. The van der Waals surface area contributed by atoms with Crippen LogP contribution in [0.5, 0.6) is 11.5 Å². The van der Waals surface area contributed by atoms with Crippen LogP contribution < -0.4 is 9.47 Å². The number of alkyl halides is 2. The van der Waals surface area contributed by atoms with Gasteiger partial charge >= 0.3 is 12.6 Å². The van der Waals surface area contributed by atoms with E-state index in [2.05, 4.69) is 4.74 Å². The van der Waals surface area contributed by atoms with Crippen molar-refractivity contribution in [2.75, 3.05) is 20.7 Å². The van der Waals surface area contributed by atoms with Gasteiger partial charge in [0, 0.05) is 19.7 Å². The quantitative estimate of drug-likeness (QED) is 0.832. The molecule has 0 saturated carbocycles. The molecular weight excluding hydrogens is 288 g/mol. The van der Waals surface area contributed by atoms with Gasteiger partial charge in [0.2, 0.25) is 0 Å². The topological polar surface area (TPSA) is 76.1 Å². The fourth-order valence-corrected chi connectivity index (χ4v) is 1.57. The van der Waals surface area contributed by atoms with Crippen molar-refractivity contribution in [1.29, 1.82) is 0 Å². The van der Waals surface area contributed by atoms with E-state index in [1.54, 1.807) is 0 Å². The Labute approximate surface area is 119 Å². The van der Waals surface area contributed by atoms with Gasteiger partial charge < -0.3 is 19.5 Å². The van der Waals surface area contributed by atoms with Gasteiger partial charge in [-0.2, -0.15) is 8.78 Å². The van der Waals surface area contributed by atoms with Crippen molar-refractivity contribution < 1.29 is 33.0 Å². The van der Waals surface area contributed by atoms with Crippen molar-refractivity contribution in [3.63, 3.8) is 0 Å². The van der Waals surface area contributed by atoms with E-state index < -0.39 is 18.5 Å². The second-order valence-corrected chi connectivity index (χ2v) is 4.11. The van der Waals surface area contributed by atoms with E-state index in [-0.39, 0.29) is 30.0 Å². The van der Waals surface area contributed by atoms with Crippen molar-refractivity contribution >= 4 is 11.9 Å². The molecule has 0 radical (unpaired) electrons. The van der Waals surface area contributed by atoms with Crippen LogP contribution >= 0.6 is 0 Å². The molecule has 116 valence electrons. The Morgan fingerprint density at radius 3 is 2.57 bits per heavy atom. The van der Waals surface area contributed by atoms with E-state index >= 15 is 0 Å². The normalized spacial score (nSPS) is 10.3. The smallest absolute Gasteiger partial charge is 0.387 e. The van der Waals surface area contributed by atoms with Gasteiger partial charge in [-0.1, -0.05) is 0 Å². The van der Waals surface area contributed by atoms with Gasteiger partial charge in [-0.3, -0.25) is 9.59 Å². The second kappa shape index (κ2) is 7.41. The molecule has 1 rings (SSSR count). The van der Waals surface area contributed by atoms with Gasteiger partial charge in [0.25, 0.3) is 5.91 Å². The van der Waals surface area contributed by atoms with E-state index in [0.29, 0.717) is 0 Å². The number of carboxylic acids is 1. The summed E-state index contributed by atoms with van der Waals surface area (Å²) in [6.07, 6.45) is -0.247. The SMILES string of the molecule is COc1ccc(C(=O)N(C)CCC(=O)O)c(OC(F)F)c1. The van der Waals surface area contributed by atoms with Crippen LogP contribution in [-0.4, -0.2) is 49.2 Å². The highest BCUT2D eigenvalue weighted by molar-refractivity contribution is 5.97. The number of benzene rings is 1. The first-order valence-electron chi connectivity index (χ1n) is 5.95. The minimum absolute atomic E-state index is 0.0473. The van der Waals surface area contributed by atoms with Gasteiger partial charge in [-0.05, 0) is 12.1 Å². The molecule has 6 nitrogen and oxygen atoms in total. The summed E-state index contributed by atoms with van der Waals surface area (Å²) in [6, 6.07) is 3.89. The van der Waals surface area contributed by atoms with E-state index in [9.17, 15) is 18.4 Å². The van der Waals surface area contributed by atoms with Gasteiger partial charge in [0.05, 0.1) is 19.1 Å². The lowest BCUT2D eigenvalue weighted by Crippen LogP contribution is -2.29. The van der Waals surface area contributed by atoms with Crippen molar-refractivity contribution in [2.45, 2.75) is 13.0 Å². The first-order valence-corrected chi connectivity index (χ1v) is 5.95. The lowest BCUT2D eigenvalue weighted by Gasteiger charge is -2.18. The molecule has 21 heavy (non-hydrogen) atoms. The lowest BCUT2D eigenvalue weighted by atomic mass is 10.1. The Morgan fingerprint density at radius 1 is 1.38 bits per heavy atom. The van der Waals surface area contributed by atoms with Gasteiger partial charge in [0.1, 0.15) is 11.5 Å². The Hall–Kier alpha value is -2.38. The third kappa shape index (κ3) is 4.90. The van der Waals surface area contributed by atoms with Crippen LogP contribution in [0.2, 0.25) is 0 Å². The number of ether oxygens (including phenoxy) is 2. The summed E-state index contributed by atoms with van der Waals surface area (Å²) in [5.74, 6) is -1.74. The molecular formula is C13H15F2NO5. The number of aliphatic carboxylic acids is 1. The maximum Gasteiger partial charge on any atom is 0.387 e. The fraction of sp³-hybridized carbons (Fsp3) is 0.385. The molecule has 0 aromatic heterocycles. The van der Waals surface area contributed by atoms with Gasteiger partial charge in [-0.25, -0.2) is 0 Å². The highest BCUT2D eigenvalue weighted by Crippen LogP contribution is 2.27. The molecule has 0 fully saturated rings. The molecule has 0 aliphatic rings. The first-order chi connectivity index (χ1) is 9.85. The zero-order valence-electron chi connectivity index (χ0n) is 11.5. The highest BCUT2D eigenvalue weighted by atomic mass is 19.3. The lowest BCUT2D eigenvalue weighted by molar-refractivity contribution is -0.137. The highest BCUT2D eigenvalue weighted by Gasteiger charge is 2.20. The largest absolute Gasteiger partial charge is 0.497 e. The maximum absolute atomic E-state index is 12.4. The Balaban J connectivity index is 2.98. The van der Waals surface area contributed by atoms with Crippen molar-refractivity contribution in [3.05, 3.63) is 23.8 Å². The number of nitrogens with zero attached hydrogens (tertiary/aromatic N) is 1. The van der Waals surface area contributed by atoms with E-state index in [4.69, 9.17) is 9.84 Å². The van der Waals surface area contributed by atoms with Crippen LogP contribution in [-0.2, 0) is 4.79 Å². The third-order valence-corrected chi connectivity index (χ3v) is 2.64. The summed E-state index contributed by atoms with van der Waals surface area (Å²) < 4.78 is 34.0. The minimum atomic E-state index is -3.09. The maximum atomic E-state index is 12.4. The number of methoxy groups -OCH3 is 1. The molecule has 0 bridgehead atoms. The minimum Gasteiger partial charge on any atom is -0.497 e.